The Labute approximate surface area is 117 Å². The van der Waals surface area contributed by atoms with Crippen molar-refractivity contribution >= 4 is 11.0 Å². The molecule has 2 heterocycles. The Kier molecular flexibility index (Phi) is 2.96. The Balaban J connectivity index is 2.02. The fourth-order valence-electron chi connectivity index (χ4n) is 2.27. The van der Waals surface area contributed by atoms with E-state index in [1.54, 1.807) is 6.20 Å². The predicted octanol–water partition coefficient (Wildman–Crippen LogP) is 2.97. The lowest BCUT2D eigenvalue weighted by atomic mass is 10.1. The van der Waals surface area contributed by atoms with Crippen molar-refractivity contribution in [1.29, 1.82) is 5.26 Å². The SMILES string of the molecule is Cc1cc2ncn(Cc3ccnc(C#N)c3)c2cc1C. The molecule has 0 unspecified atom stereocenters. The highest BCUT2D eigenvalue weighted by molar-refractivity contribution is 5.77. The van der Waals surface area contributed by atoms with Gasteiger partial charge in [-0.3, -0.25) is 0 Å². The molecule has 3 aromatic rings. The predicted molar refractivity (Wildman–Crippen MR) is 77.3 cm³/mol. The van der Waals surface area contributed by atoms with Crippen molar-refractivity contribution in [3.63, 3.8) is 0 Å². The number of hydrogen-bond acceptors (Lipinski definition) is 3. The summed E-state index contributed by atoms with van der Waals surface area (Å²) in [6.07, 6.45) is 3.51. The van der Waals surface area contributed by atoms with Crippen LogP contribution in [-0.4, -0.2) is 14.5 Å². The van der Waals surface area contributed by atoms with E-state index < -0.39 is 0 Å². The van der Waals surface area contributed by atoms with Crippen LogP contribution in [0.3, 0.4) is 0 Å². The first-order valence-corrected chi connectivity index (χ1v) is 6.44. The summed E-state index contributed by atoms with van der Waals surface area (Å²) in [4.78, 5) is 8.43. The molecule has 0 radical (unpaired) electrons. The van der Waals surface area contributed by atoms with E-state index in [9.17, 15) is 0 Å². The first-order chi connectivity index (χ1) is 9.67. The molecule has 0 amide bonds. The number of nitriles is 1. The van der Waals surface area contributed by atoms with E-state index in [-0.39, 0.29) is 0 Å². The molecule has 2 aromatic heterocycles. The summed E-state index contributed by atoms with van der Waals surface area (Å²) in [5, 5.41) is 8.90. The molecular formula is C16H14N4. The van der Waals surface area contributed by atoms with Gasteiger partial charge in [-0.1, -0.05) is 0 Å². The topological polar surface area (TPSA) is 54.5 Å². The first-order valence-electron chi connectivity index (χ1n) is 6.44. The second-order valence-electron chi connectivity index (χ2n) is 4.96. The molecule has 0 fully saturated rings. The van der Waals surface area contributed by atoms with E-state index in [4.69, 9.17) is 5.26 Å². The second-order valence-corrected chi connectivity index (χ2v) is 4.96. The average Bonchev–Trinajstić information content (AvgIpc) is 2.82. The third kappa shape index (κ3) is 2.14. The zero-order valence-electron chi connectivity index (χ0n) is 11.5. The van der Waals surface area contributed by atoms with Gasteiger partial charge in [-0.2, -0.15) is 5.26 Å². The van der Waals surface area contributed by atoms with Crippen molar-refractivity contribution < 1.29 is 0 Å². The maximum atomic E-state index is 8.90. The Bertz CT molecular complexity index is 824. The van der Waals surface area contributed by atoms with E-state index in [0.29, 0.717) is 12.2 Å². The molecule has 0 atom stereocenters. The zero-order valence-corrected chi connectivity index (χ0v) is 11.5. The molecule has 4 heteroatoms. The normalized spacial score (nSPS) is 10.7. The molecule has 98 valence electrons. The first kappa shape index (κ1) is 12.4. The quantitative estimate of drug-likeness (QED) is 0.713. The molecule has 0 aliphatic rings. The summed E-state index contributed by atoms with van der Waals surface area (Å²) in [7, 11) is 0. The lowest BCUT2D eigenvalue weighted by molar-refractivity contribution is 0.821. The van der Waals surface area contributed by atoms with Gasteiger partial charge in [-0.25, -0.2) is 9.97 Å². The van der Waals surface area contributed by atoms with Crippen LogP contribution in [0, 0.1) is 25.2 Å². The Morgan fingerprint density at radius 1 is 1.15 bits per heavy atom. The fraction of sp³-hybridized carbons (Fsp3) is 0.188. The van der Waals surface area contributed by atoms with Crippen LogP contribution in [0.5, 0.6) is 0 Å². The summed E-state index contributed by atoms with van der Waals surface area (Å²) >= 11 is 0. The number of hydrogen-bond donors (Lipinski definition) is 0. The van der Waals surface area contributed by atoms with Gasteiger partial charge in [0.25, 0.3) is 0 Å². The molecular weight excluding hydrogens is 248 g/mol. The van der Waals surface area contributed by atoms with Gasteiger partial charge >= 0.3 is 0 Å². The van der Waals surface area contributed by atoms with Crippen molar-refractivity contribution in [2.45, 2.75) is 20.4 Å². The van der Waals surface area contributed by atoms with Crippen LogP contribution in [0.15, 0.2) is 36.8 Å². The number of aryl methyl sites for hydroxylation is 2. The number of nitrogens with zero attached hydrogens (tertiary/aromatic N) is 4. The summed E-state index contributed by atoms with van der Waals surface area (Å²) in [5.74, 6) is 0. The number of pyridine rings is 1. The van der Waals surface area contributed by atoms with Crippen molar-refractivity contribution in [3.05, 3.63) is 59.2 Å². The van der Waals surface area contributed by atoms with Crippen molar-refractivity contribution in [3.8, 4) is 6.07 Å². The maximum absolute atomic E-state index is 8.90. The minimum absolute atomic E-state index is 0.443. The maximum Gasteiger partial charge on any atom is 0.140 e. The van der Waals surface area contributed by atoms with E-state index in [0.717, 1.165) is 16.6 Å². The van der Waals surface area contributed by atoms with Gasteiger partial charge < -0.3 is 4.57 Å². The summed E-state index contributed by atoms with van der Waals surface area (Å²) in [5.41, 5.74) is 6.12. The molecule has 0 aliphatic heterocycles. The molecule has 3 rings (SSSR count). The standard InChI is InChI=1S/C16H14N4/c1-11-5-15-16(6-12(11)2)20(10-19-15)9-13-3-4-18-14(7-13)8-17/h3-7,10H,9H2,1-2H3. The average molecular weight is 262 g/mol. The smallest absolute Gasteiger partial charge is 0.140 e. The van der Waals surface area contributed by atoms with E-state index in [1.807, 2.05) is 18.5 Å². The lowest BCUT2D eigenvalue weighted by Gasteiger charge is -2.06. The summed E-state index contributed by atoms with van der Waals surface area (Å²) in [6, 6.07) is 10.1. The van der Waals surface area contributed by atoms with Gasteiger partial charge in [-0.05, 0) is 54.8 Å². The molecule has 0 spiro atoms. The van der Waals surface area contributed by atoms with Gasteiger partial charge in [0.05, 0.1) is 17.4 Å². The number of rotatable bonds is 2. The lowest BCUT2D eigenvalue weighted by Crippen LogP contribution is -1.99. The van der Waals surface area contributed by atoms with Gasteiger partial charge in [0.1, 0.15) is 11.8 Å². The Morgan fingerprint density at radius 3 is 2.75 bits per heavy atom. The van der Waals surface area contributed by atoms with Crippen molar-refractivity contribution in [1.82, 2.24) is 14.5 Å². The molecule has 0 saturated heterocycles. The third-order valence-corrected chi connectivity index (χ3v) is 3.53. The Hall–Kier alpha value is -2.67. The van der Waals surface area contributed by atoms with Gasteiger partial charge in [0, 0.05) is 12.7 Å². The van der Waals surface area contributed by atoms with Crippen LogP contribution >= 0.6 is 0 Å². The van der Waals surface area contributed by atoms with Crippen molar-refractivity contribution in [2.24, 2.45) is 0 Å². The minimum Gasteiger partial charge on any atom is -0.326 e. The van der Waals surface area contributed by atoms with Gasteiger partial charge in [-0.15, -0.1) is 0 Å². The monoisotopic (exact) mass is 262 g/mol. The highest BCUT2D eigenvalue weighted by atomic mass is 15.0. The highest BCUT2D eigenvalue weighted by Crippen LogP contribution is 2.19. The van der Waals surface area contributed by atoms with Gasteiger partial charge in [0.2, 0.25) is 0 Å². The zero-order chi connectivity index (χ0) is 14.1. The summed E-state index contributed by atoms with van der Waals surface area (Å²) in [6.45, 7) is 4.89. The molecule has 0 saturated carbocycles. The second kappa shape index (κ2) is 4.78. The van der Waals surface area contributed by atoms with E-state index >= 15 is 0 Å². The third-order valence-electron chi connectivity index (χ3n) is 3.53. The van der Waals surface area contributed by atoms with Crippen LogP contribution in [0.1, 0.15) is 22.4 Å². The molecule has 20 heavy (non-hydrogen) atoms. The number of fused-ring (bicyclic) bond motifs is 1. The number of imidazole rings is 1. The highest BCUT2D eigenvalue weighted by Gasteiger charge is 2.06. The number of aromatic nitrogens is 3. The van der Waals surface area contributed by atoms with E-state index in [1.165, 1.54) is 11.1 Å². The van der Waals surface area contributed by atoms with Crippen LogP contribution < -0.4 is 0 Å². The van der Waals surface area contributed by atoms with Crippen LogP contribution in [0.25, 0.3) is 11.0 Å². The van der Waals surface area contributed by atoms with Crippen molar-refractivity contribution in [2.75, 3.05) is 0 Å². The molecule has 0 bridgehead atoms. The molecule has 0 aliphatic carbocycles. The summed E-state index contributed by atoms with van der Waals surface area (Å²) < 4.78 is 2.10. The molecule has 0 N–H and O–H groups in total. The fourth-order valence-corrected chi connectivity index (χ4v) is 2.27. The van der Waals surface area contributed by atoms with E-state index in [2.05, 4.69) is 46.6 Å². The minimum atomic E-state index is 0.443. The molecule has 1 aromatic carbocycles. The largest absolute Gasteiger partial charge is 0.326 e. The van der Waals surface area contributed by atoms with Crippen LogP contribution in [-0.2, 0) is 6.54 Å². The number of benzene rings is 1. The van der Waals surface area contributed by atoms with Crippen LogP contribution in [0.4, 0.5) is 0 Å². The van der Waals surface area contributed by atoms with Crippen LogP contribution in [0.2, 0.25) is 0 Å². The Morgan fingerprint density at radius 2 is 1.95 bits per heavy atom. The molecule has 4 nitrogen and oxygen atoms in total. The van der Waals surface area contributed by atoms with Gasteiger partial charge in [0.15, 0.2) is 0 Å².